The first-order chi connectivity index (χ1) is 10.4. The van der Waals surface area contributed by atoms with E-state index in [1.54, 1.807) is 0 Å². The van der Waals surface area contributed by atoms with Crippen molar-refractivity contribution in [2.45, 2.75) is 46.2 Å². The highest BCUT2D eigenvalue weighted by Gasteiger charge is 2.34. The molecule has 0 saturated carbocycles. The molecule has 0 spiro atoms. The first kappa shape index (κ1) is 19.8. The molecule has 0 fully saturated rings. The fourth-order valence-corrected chi connectivity index (χ4v) is 3.20. The van der Waals surface area contributed by atoms with E-state index in [0.717, 1.165) is 17.9 Å². The predicted molar refractivity (Wildman–Crippen MR) is 102 cm³/mol. The third-order valence-electron chi connectivity index (χ3n) is 3.78. The molecule has 0 N–H and O–H groups in total. The Labute approximate surface area is 147 Å². The summed E-state index contributed by atoms with van der Waals surface area (Å²) in [6.45, 7) is 10.7. The van der Waals surface area contributed by atoms with Gasteiger partial charge in [0, 0.05) is 0 Å². The molecule has 0 unspecified atom stereocenters. The zero-order valence-corrected chi connectivity index (χ0v) is 16.2. The van der Waals surface area contributed by atoms with Gasteiger partial charge in [0.2, 0.25) is 0 Å². The molecule has 2 aromatic rings. The molecule has 0 bridgehead atoms. The van der Waals surface area contributed by atoms with Gasteiger partial charge >= 0.3 is 0 Å². The van der Waals surface area contributed by atoms with Crippen LogP contribution < -0.4 is 9.05 Å². The Morgan fingerprint density at radius 3 is 1.43 bits per heavy atom. The second-order valence-electron chi connectivity index (χ2n) is 6.23. The zero-order valence-electron chi connectivity index (χ0n) is 14.5. The van der Waals surface area contributed by atoms with E-state index in [4.69, 9.17) is 9.05 Å². The van der Waals surface area contributed by atoms with Gasteiger partial charge < -0.3 is 9.05 Å². The van der Waals surface area contributed by atoms with E-state index in [-0.39, 0.29) is 17.6 Å². The van der Waals surface area contributed by atoms with Gasteiger partial charge in [-0.25, -0.2) is 0 Å². The molecule has 0 aliphatic rings. The van der Waals surface area contributed by atoms with Gasteiger partial charge in [-0.2, -0.15) is 0 Å². The number of rotatable bonds is 6. The summed E-state index contributed by atoms with van der Waals surface area (Å²) >= 11 is 0. The van der Waals surface area contributed by atoms with Gasteiger partial charge in [-0.3, -0.25) is 0 Å². The lowest BCUT2D eigenvalue weighted by Crippen LogP contribution is -2.21. The summed E-state index contributed by atoms with van der Waals surface area (Å²) in [7, 11) is -1.08. The lowest BCUT2D eigenvalue weighted by atomic mass is 10.1. The van der Waals surface area contributed by atoms with Crippen molar-refractivity contribution in [3.05, 3.63) is 59.7 Å². The quantitative estimate of drug-likeness (QED) is 0.539. The third kappa shape index (κ3) is 5.71. The summed E-state index contributed by atoms with van der Waals surface area (Å²) in [5.41, 5.74) is 2.46. The lowest BCUT2D eigenvalue weighted by molar-refractivity contribution is 0.441. The molecular weight excluding hydrogens is 327 g/mol. The van der Waals surface area contributed by atoms with Crippen LogP contribution in [-0.4, -0.2) is 5.16 Å². The van der Waals surface area contributed by atoms with Crippen LogP contribution >= 0.6 is 20.8 Å². The van der Waals surface area contributed by atoms with Crippen LogP contribution in [0.15, 0.2) is 48.5 Å². The lowest BCUT2D eigenvalue weighted by Gasteiger charge is -2.31. The first-order valence-corrected chi connectivity index (χ1v) is 8.88. The summed E-state index contributed by atoms with van der Waals surface area (Å²) in [4.78, 5) is 0. The Bertz CT molecular complexity index is 546. The molecule has 0 aliphatic carbocycles. The molecular formula is C19H26ClO2P. The maximum atomic E-state index is 6.20. The van der Waals surface area contributed by atoms with Gasteiger partial charge in [-0.05, 0) is 58.4 Å². The topological polar surface area (TPSA) is 18.5 Å². The maximum absolute atomic E-state index is 6.20. The summed E-state index contributed by atoms with van der Waals surface area (Å²) in [5, 5.41) is -0.0227. The van der Waals surface area contributed by atoms with Crippen LogP contribution in [0.2, 0.25) is 0 Å². The molecule has 0 saturated heterocycles. The van der Waals surface area contributed by atoms with E-state index in [2.05, 4.69) is 58.9 Å². The Kier molecular flexibility index (Phi) is 7.38. The SMILES string of the molecule is CCC(C)(C)P(Oc1ccc(C)cc1)Oc1ccc(C)cc1.Cl. The van der Waals surface area contributed by atoms with E-state index >= 15 is 0 Å². The fourth-order valence-electron chi connectivity index (χ4n) is 1.78. The smallest absolute Gasteiger partial charge is 0.296 e. The van der Waals surface area contributed by atoms with E-state index in [9.17, 15) is 0 Å². The molecule has 0 radical (unpaired) electrons. The first-order valence-electron chi connectivity index (χ1n) is 7.70. The molecule has 0 aliphatic heterocycles. The average Bonchev–Trinajstić information content (AvgIpc) is 2.51. The number of benzene rings is 2. The minimum absolute atomic E-state index is 0. The molecule has 0 amide bonds. The van der Waals surface area contributed by atoms with Crippen LogP contribution in [0.1, 0.15) is 38.3 Å². The normalized spacial score (nSPS) is 11.0. The predicted octanol–water partition coefficient (Wildman–Crippen LogP) is 6.68. The van der Waals surface area contributed by atoms with Crippen molar-refractivity contribution in [2.75, 3.05) is 0 Å². The Morgan fingerprint density at radius 1 is 0.783 bits per heavy atom. The second-order valence-corrected chi connectivity index (χ2v) is 8.32. The summed E-state index contributed by atoms with van der Waals surface area (Å²) in [6.07, 6.45) is 0.996. The van der Waals surface area contributed by atoms with Gasteiger partial charge in [-0.1, -0.05) is 42.3 Å². The Morgan fingerprint density at radius 2 is 1.13 bits per heavy atom. The Balaban J connectivity index is 0.00000264. The third-order valence-corrected chi connectivity index (χ3v) is 5.84. The molecule has 0 atom stereocenters. The highest BCUT2D eigenvalue weighted by molar-refractivity contribution is 7.49. The highest BCUT2D eigenvalue weighted by Crippen LogP contribution is 2.53. The number of aryl methyl sites for hydroxylation is 2. The van der Waals surface area contributed by atoms with Crippen LogP contribution in [-0.2, 0) is 0 Å². The van der Waals surface area contributed by atoms with Gasteiger partial charge in [0.25, 0.3) is 8.38 Å². The Hall–Kier alpha value is -1.24. The molecule has 2 aromatic carbocycles. The van der Waals surface area contributed by atoms with Crippen LogP contribution in [0.5, 0.6) is 11.5 Å². The van der Waals surface area contributed by atoms with E-state index in [1.807, 2.05) is 24.3 Å². The zero-order chi connectivity index (χ0) is 16.2. The van der Waals surface area contributed by atoms with Crippen LogP contribution in [0.3, 0.4) is 0 Å². The van der Waals surface area contributed by atoms with Crippen LogP contribution in [0, 0.1) is 13.8 Å². The molecule has 126 valence electrons. The van der Waals surface area contributed by atoms with Crippen molar-refractivity contribution in [3.8, 4) is 11.5 Å². The largest absolute Gasteiger partial charge is 0.438 e. The van der Waals surface area contributed by atoms with Crippen molar-refractivity contribution in [1.29, 1.82) is 0 Å². The summed E-state index contributed by atoms with van der Waals surface area (Å²) in [5.74, 6) is 1.73. The van der Waals surface area contributed by atoms with Crippen LogP contribution in [0.25, 0.3) is 0 Å². The molecule has 0 heterocycles. The number of hydrogen-bond acceptors (Lipinski definition) is 2. The minimum atomic E-state index is -1.08. The molecule has 2 rings (SSSR count). The van der Waals surface area contributed by atoms with Gasteiger partial charge in [0.15, 0.2) is 0 Å². The van der Waals surface area contributed by atoms with Gasteiger partial charge in [0.05, 0.1) is 5.16 Å². The minimum Gasteiger partial charge on any atom is -0.438 e. The van der Waals surface area contributed by atoms with Crippen molar-refractivity contribution >= 4 is 20.8 Å². The van der Waals surface area contributed by atoms with Crippen molar-refractivity contribution in [3.63, 3.8) is 0 Å². The fraction of sp³-hybridized carbons (Fsp3) is 0.368. The van der Waals surface area contributed by atoms with Gasteiger partial charge in [0.1, 0.15) is 11.5 Å². The molecule has 23 heavy (non-hydrogen) atoms. The average molecular weight is 353 g/mol. The van der Waals surface area contributed by atoms with E-state index in [1.165, 1.54) is 11.1 Å². The molecule has 4 heteroatoms. The van der Waals surface area contributed by atoms with Crippen molar-refractivity contribution in [1.82, 2.24) is 0 Å². The van der Waals surface area contributed by atoms with Gasteiger partial charge in [-0.15, -0.1) is 12.4 Å². The van der Waals surface area contributed by atoms with Crippen molar-refractivity contribution < 1.29 is 9.05 Å². The maximum Gasteiger partial charge on any atom is 0.296 e. The summed E-state index contributed by atoms with van der Waals surface area (Å²) < 4.78 is 12.4. The second kappa shape index (κ2) is 8.57. The monoisotopic (exact) mass is 352 g/mol. The van der Waals surface area contributed by atoms with E-state index in [0.29, 0.717) is 0 Å². The number of hydrogen-bond donors (Lipinski definition) is 0. The van der Waals surface area contributed by atoms with Crippen molar-refractivity contribution in [2.24, 2.45) is 0 Å². The number of halogens is 1. The van der Waals surface area contributed by atoms with E-state index < -0.39 is 8.38 Å². The molecule has 2 nitrogen and oxygen atoms in total. The van der Waals surface area contributed by atoms with Crippen LogP contribution in [0.4, 0.5) is 0 Å². The highest BCUT2D eigenvalue weighted by atomic mass is 35.5. The molecule has 0 aromatic heterocycles. The standard InChI is InChI=1S/C19H25O2P.ClH/c1-6-19(4,5)22(20-17-11-7-15(2)8-12-17)21-18-13-9-16(3)10-14-18;/h7-14H,6H2,1-5H3;1H. The summed E-state index contributed by atoms with van der Waals surface area (Å²) in [6, 6.07) is 16.3.